The maximum atomic E-state index is 13.8. The van der Waals surface area contributed by atoms with Crippen molar-refractivity contribution in [3.05, 3.63) is 58.4 Å². The van der Waals surface area contributed by atoms with Crippen LogP contribution in [0.4, 0.5) is 4.39 Å². The first-order chi connectivity index (χ1) is 12.3. The van der Waals surface area contributed by atoms with E-state index in [-0.39, 0.29) is 23.3 Å². The lowest BCUT2D eigenvalue weighted by molar-refractivity contribution is 0.0939. The number of methoxy groups -OCH3 is 2. The van der Waals surface area contributed by atoms with E-state index in [4.69, 9.17) is 9.47 Å². The van der Waals surface area contributed by atoms with E-state index in [1.807, 2.05) is 19.9 Å². The van der Waals surface area contributed by atoms with E-state index in [1.165, 1.54) is 19.2 Å². The fourth-order valence-electron chi connectivity index (χ4n) is 2.98. The van der Waals surface area contributed by atoms with Gasteiger partial charge in [0, 0.05) is 5.56 Å². The van der Waals surface area contributed by atoms with Crippen molar-refractivity contribution in [2.75, 3.05) is 14.2 Å². The van der Waals surface area contributed by atoms with Crippen LogP contribution in [0.1, 0.15) is 59.8 Å². The van der Waals surface area contributed by atoms with Crippen LogP contribution in [0, 0.1) is 12.7 Å². The van der Waals surface area contributed by atoms with Gasteiger partial charge in [-0.05, 0) is 66.8 Å². The number of ether oxygens (including phenoxy) is 2. The largest absolute Gasteiger partial charge is 0.496 e. The normalized spacial score (nSPS) is 12.0. The van der Waals surface area contributed by atoms with Gasteiger partial charge in [-0.25, -0.2) is 4.39 Å². The summed E-state index contributed by atoms with van der Waals surface area (Å²) in [5, 5.41) is 2.93. The van der Waals surface area contributed by atoms with Crippen molar-refractivity contribution in [1.29, 1.82) is 0 Å². The number of aryl methyl sites for hydroxylation is 1. The maximum Gasteiger partial charge on any atom is 0.251 e. The fraction of sp³-hybridized carbons (Fsp3) is 0.381. The van der Waals surface area contributed by atoms with Crippen molar-refractivity contribution in [1.82, 2.24) is 5.32 Å². The second-order valence-electron chi connectivity index (χ2n) is 6.65. The lowest BCUT2D eigenvalue weighted by atomic mass is 9.93. The number of nitrogens with one attached hydrogen (secondary N) is 1. The van der Waals surface area contributed by atoms with Crippen molar-refractivity contribution in [3.63, 3.8) is 0 Å². The number of hydrogen-bond acceptors (Lipinski definition) is 3. The average Bonchev–Trinajstić information content (AvgIpc) is 2.60. The van der Waals surface area contributed by atoms with Crippen molar-refractivity contribution < 1.29 is 18.7 Å². The Hall–Kier alpha value is -2.56. The molecule has 2 rings (SSSR count). The molecule has 0 radical (unpaired) electrons. The molecular weight excluding hydrogens is 333 g/mol. The molecule has 1 atom stereocenters. The summed E-state index contributed by atoms with van der Waals surface area (Å²) in [6, 6.07) is 8.01. The Morgan fingerprint density at radius 1 is 1.00 bits per heavy atom. The lowest BCUT2D eigenvalue weighted by Gasteiger charge is -2.21. The van der Waals surface area contributed by atoms with Crippen LogP contribution >= 0.6 is 0 Å². The van der Waals surface area contributed by atoms with Crippen molar-refractivity contribution in [3.8, 4) is 11.5 Å². The highest BCUT2D eigenvalue weighted by molar-refractivity contribution is 5.94. The monoisotopic (exact) mass is 359 g/mol. The minimum Gasteiger partial charge on any atom is -0.496 e. The van der Waals surface area contributed by atoms with Gasteiger partial charge in [-0.15, -0.1) is 0 Å². The van der Waals surface area contributed by atoms with Gasteiger partial charge in [0.05, 0.1) is 20.3 Å². The van der Waals surface area contributed by atoms with Crippen LogP contribution in [0.2, 0.25) is 0 Å². The Balaban J connectivity index is 2.26. The summed E-state index contributed by atoms with van der Waals surface area (Å²) in [5.41, 5.74) is 3.38. The molecule has 0 saturated carbocycles. The summed E-state index contributed by atoms with van der Waals surface area (Å²) in [4.78, 5) is 12.5. The first-order valence-electron chi connectivity index (χ1n) is 8.61. The minimum absolute atomic E-state index is 0.113. The number of carbonyl (C=O) groups excluding carboxylic acids is 1. The van der Waals surface area contributed by atoms with Crippen LogP contribution in [-0.2, 0) is 0 Å². The SMILES string of the molecule is COc1ccc(C(=O)NC(C)c2cc(C(C)C)c(OC)cc2C)cc1F. The smallest absolute Gasteiger partial charge is 0.251 e. The van der Waals surface area contributed by atoms with Gasteiger partial charge < -0.3 is 14.8 Å². The average molecular weight is 359 g/mol. The third-order valence-electron chi connectivity index (χ3n) is 4.47. The highest BCUT2D eigenvalue weighted by atomic mass is 19.1. The molecule has 4 nitrogen and oxygen atoms in total. The van der Waals surface area contributed by atoms with E-state index >= 15 is 0 Å². The first kappa shape index (κ1) is 19.8. The molecule has 0 heterocycles. The molecule has 0 saturated heterocycles. The molecular formula is C21H26FNO3. The van der Waals surface area contributed by atoms with Crippen LogP contribution in [0.25, 0.3) is 0 Å². The van der Waals surface area contributed by atoms with Crippen LogP contribution < -0.4 is 14.8 Å². The summed E-state index contributed by atoms with van der Waals surface area (Å²) in [5.74, 6) is 0.359. The Morgan fingerprint density at radius 3 is 2.19 bits per heavy atom. The molecule has 0 fully saturated rings. The zero-order valence-corrected chi connectivity index (χ0v) is 16.1. The van der Waals surface area contributed by atoms with Gasteiger partial charge in [0.15, 0.2) is 11.6 Å². The van der Waals surface area contributed by atoms with Gasteiger partial charge in [-0.1, -0.05) is 13.8 Å². The van der Waals surface area contributed by atoms with Crippen LogP contribution in [-0.4, -0.2) is 20.1 Å². The molecule has 0 spiro atoms. The molecule has 2 aromatic rings. The Labute approximate surface area is 154 Å². The van der Waals surface area contributed by atoms with E-state index in [0.29, 0.717) is 5.92 Å². The number of halogens is 1. The molecule has 26 heavy (non-hydrogen) atoms. The molecule has 2 aromatic carbocycles. The predicted octanol–water partition coefficient (Wildman–Crippen LogP) is 4.77. The lowest BCUT2D eigenvalue weighted by Crippen LogP contribution is -2.27. The maximum absolute atomic E-state index is 13.8. The number of amides is 1. The number of hydrogen-bond donors (Lipinski definition) is 1. The predicted molar refractivity (Wildman–Crippen MR) is 101 cm³/mol. The second kappa shape index (κ2) is 8.21. The summed E-state index contributed by atoms with van der Waals surface area (Å²) >= 11 is 0. The third kappa shape index (κ3) is 4.15. The fourth-order valence-corrected chi connectivity index (χ4v) is 2.98. The molecule has 140 valence electrons. The first-order valence-corrected chi connectivity index (χ1v) is 8.61. The zero-order chi connectivity index (χ0) is 19.4. The quantitative estimate of drug-likeness (QED) is 0.808. The van der Waals surface area contributed by atoms with E-state index in [9.17, 15) is 9.18 Å². The van der Waals surface area contributed by atoms with E-state index < -0.39 is 5.82 Å². The molecule has 0 aliphatic rings. The van der Waals surface area contributed by atoms with E-state index in [1.54, 1.807) is 13.2 Å². The zero-order valence-electron chi connectivity index (χ0n) is 16.1. The number of rotatable bonds is 6. The number of benzene rings is 2. The molecule has 1 N–H and O–H groups in total. The third-order valence-corrected chi connectivity index (χ3v) is 4.47. The van der Waals surface area contributed by atoms with Crippen LogP contribution in [0.15, 0.2) is 30.3 Å². The molecule has 0 aliphatic heterocycles. The summed E-state index contributed by atoms with van der Waals surface area (Å²) < 4.78 is 24.2. The molecule has 0 bridgehead atoms. The van der Waals surface area contributed by atoms with Crippen molar-refractivity contribution in [2.24, 2.45) is 0 Å². The summed E-state index contributed by atoms with van der Waals surface area (Å²) in [6.07, 6.45) is 0. The number of carbonyl (C=O) groups is 1. The van der Waals surface area contributed by atoms with Crippen LogP contribution in [0.3, 0.4) is 0 Å². The van der Waals surface area contributed by atoms with E-state index in [2.05, 4.69) is 25.2 Å². The molecule has 1 unspecified atom stereocenters. The van der Waals surface area contributed by atoms with Gasteiger partial charge in [-0.2, -0.15) is 0 Å². The Morgan fingerprint density at radius 2 is 1.65 bits per heavy atom. The van der Waals surface area contributed by atoms with Gasteiger partial charge in [0.2, 0.25) is 0 Å². The minimum atomic E-state index is -0.560. The molecule has 1 amide bonds. The van der Waals surface area contributed by atoms with Gasteiger partial charge in [0.25, 0.3) is 5.91 Å². The molecule has 5 heteroatoms. The highest BCUT2D eigenvalue weighted by Gasteiger charge is 2.18. The Kier molecular flexibility index (Phi) is 6.24. The van der Waals surface area contributed by atoms with Crippen LogP contribution in [0.5, 0.6) is 11.5 Å². The van der Waals surface area contributed by atoms with Gasteiger partial charge >= 0.3 is 0 Å². The summed E-state index contributed by atoms with van der Waals surface area (Å²) in [7, 11) is 3.04. The van der Waals surface area contributed by atoms with Gasteiger partial charge in [-0.3, -0.25) is 4.79 Å². The van der Waals surface area contributed by atoms with Crippen molar-refractivity contribution >= 4 is 5.91 Å². The van der Waals surface area contributed by atoms with E-state index in [0.717, 1.165) is 22.4 Å². The Bertz CT molecular complexity index is 802. The molecule has 0 aliphatic carbocycles. The highest BCUT2D eigenvalue weighted by Crippen LogP contribution is 2.32. The molecule has 0 aromatic heterocycles. The van der Waals surface area contributed by atoms with Gasteiger partial charge in [0.1, 0.15) is 5.75 Å². The standard InChI is InChI=1S/C21H26FNO3/c1-12(2)16-11-17(13(3)9-20(16)26-6)14(4)23-21(24)15-7-8-19(25-5)18(22)10-15/h7-12,14H,1-6H3,(H,23,24). The van der Waals surface area contributed by atoms with Crippen molar-refractivity contribution in [2.45, 2.75) is 39.7 Å². The topological polar surface area (TPSA) is 47.6 Å². The second-order valence-corrected chi connectivity index (χ2v) is 6.65. The summed E-state index contributed by atoms with van der Waals surface area (Å²) in [6.45, 7) is 8.09.